The number of hydrogen-bond acceptors (Lipinski definition) is 3. The Balaban J connectivity index is 1.60. The van der Waals surface area contributed by atoms with E-state index in [-0.39, 0.29) is 5.91 Å². The number of carbonyl (C=O) groups is 1. The fraction of sp³-hybridized carbons (Fsp3) is 0.933. The van der Waals surface area contributed by atoms with Crippen LogP contribution in [0.15, 0.2) is 0 Å². The van der Waals surface area contributed by atoms with E-state index in [4.69, 9.17) is 0 Å². The molecule has 0 spiro atoms. The molecule has 0 radical (unpaired) electrons. The Morgan fingerprint density at radius 1 is 1.11 bits per heavy atom. The Kier molecular flexibility index (Phi) is 5.64. The van der Waals surface area contributed by atoms with Gasteiger partial charge >= 0.3 is 0 Å². The zero-order valence-corrected chi connectivity index (χ0v) is 12.5. The van der Waals surface area contributed by atoms with Gasteiger partial charge in [0, 0.05) is 31.2 Å². The largest absolute Gasteiger partial charge is 0.352 e. The summed E-state index contributed by atoms with van der Waals surface area (Å²) in [6, 6.07) is 1.59. The van der Waals surface area contributed by atoms with Gasteiger partial charge in [0.2, 0.25) is 5.91 Å². The molecule has 1 saturated carbocycles. The summed E-state index contributed by atoms with van der Waals surface area (Å²) in [7, 11) is 0. The van der Waals surface area contributed by atoms with Gasteiger partial charge < -0.3 is 15.5 Å². The van der Waals surface area contributed by atoms with Crippen molar-refractivity contribution in [3.05, 3.63) is 0 Å². The van der Waals surface area contributed by atoms with Crippen LogP contribution in [0.3, 0.4) is 0 Å². The SMILES string of the molecule is CC(C)N1CCC(NC(=O)CNC2CCCC2)CC1. The highest BCUT2D eigenvalue weighted by molar-refractivity contribution is 5.78. The quantitative estimate of drug-likeness (QED) is 0.793. The van der Waals surface area contributed by atoms with Gasteiger partial charge in [-0.2, -0.15) is 0 Å². The Hall–Kier alpha value is -0.610. The highest BCUT2D eigenvalue weighted by atomic mass is 16.2. The first-order chi connectivity index (χ1) is 9.15. The lowest BCUT2D eigenvalue weighted by Gasteiger charge is -2.34. The van der Waals surface area contributed by atoms with E-state index in [2.05, 4.69) is 29.4 Å². The molecule has 110 valence electrons. The normalized spacial score (nSPS) is 23.1. The average molecular weight is 267 g/mol. The molecular formula is C15H29N3O. The van der Waals surface area contributed by atoms with Gasteiger partial charge in [-0.1, -0.05) is 12.8 Å². The molecule has 0 aromatic heterocycles. The summed E-state index contributed by atoms with van der Waals surface area (Å²) < 4.78 is 0. The van der Waals surface area contributed by atoms with E-state index in [0.29, 0.717) is 24.7 Å². The minimum absolute atomic E-state index is 0.176. The molecule has 4 nitrogen and oxygen atoms in total. The molecule has 0 bridgehead atoms. The van der Waals surface area contributed by atoms with Crippen molar-refractivity contribution in [2.24, 2.45) is 0 Å². The number of piperidine rings is 1. The maximum atomic E-state index is 11.9. The second-order valence-corrected chi connectivity index (χ2v) is 6.33. The van der Waals surface area contributed by atoms with Crippen molar-refractivity contribution >= 4 is 5.91 Å². The summed E-state index contributed by atoms with van der Waals surface area (Å²) in [4.78, 5) is 14.4. The second-order valence-electron chi connectivity index (χ2n) is 6.33. The van der Waals surface area contributed by atoms with Gasteiger partial charge in [0.15, 0.2) is 0 Å². The maximum Gasteiger partial charge on any atom is 0.234 e. The predicted molar refractivity (Wildman–Crippen MR) is 78.1 cm³/mol. The van der Waals surface area contributed by atoms with Crippen LogP contribution in [0, 0.1) is 0 Å². The molecule has 1 heterocycles. The van der Waals surface area contributed by atoms with Crippen LogP contribution < -0.4 is 10.6 Å². The third-order valence-electron chi connectivity index (χ3n) is 4.53. The van der Waals surface area contributed by atoms with Crippen molar-refractivity contribution in [3.8, 4) is 0 Å². The van der Waals surface area contributed by atoms with Gasteiger partial charge in [0.1, 0.15) is 0 Å². The number of likely N-dealkylation sites (tertiary alicyclic amines) is 1. The number of nitrogens with zero attached hydrogens (tertiary/aromatic N) is 1. The highest BCUT2D eigenvalue weighted by Gasteiger charge is 2.22. The molecule has 0 unspecified atom stereocenters. The van der Waals surface area contributed by atoms with Gasteiger partial charge in [-0.25, -0.2) is 0 Å². The summed E-state index contributed by atoms with van der Waals surface area (Å²) in [5, 5.41) is 6.55. The summed E-state index contributed by atoms with van der Waals surface area (Å²) >= 11 is 0. The van der Waals surface area contributed by atoms with Crippen molar-refractivity contribution in [1.82, 2.24) is 15.5 Å². The zero-order valence-electron chi connectivity index (χ0n) is 12.5. The van der Waals surface area contributed by atoms with Crippen LogP contribution in [0.2, 0.25) is 0 Å². The Bertz CT molecular complexity index is 279. The summed E-state index contributed by atoms with van der Waals surface area (Å²) in [5.41, 5.74) is 0. The van der Waals surface area contributed by atoms with E-state index in [0.717, 1.165) is 25.9 Å². The van der Waals surface area contributed by atoms with Crippen molar-refractivity contribution in [1.29, 1.82) is 0 Å². The number of hydrogen-bond donors (Lipinski definition) is 2. The smallest absolute Gasteiger partial charge is 0.234 e. The third-order valence-corrected chi connectivity index (χ3v) is 4.53. The maximum absolute atomic E-state index is 11.9. The summed E-state index contributed by atoms with van der Waals surface area (Å²) in [6.07, 6.45) is 7.28. The highest BCUT2D eigenvalue weighted by Crippen LogP contribution is 2.17. The summed E-state index contributed by atoms with van der Waals surface area (Å²) in [5.74, 6) is 0.176. The Labute approximate surface area is 117 Å². The number of carbonyl (C=O) groups excluding carboxylic acids is 1. The van der Waals surface area contributed by atoms with Crippen LogP contribution in [0.1, 0.15) is 52.4 Å². The van der Waals surface area contributed by atoms with Crippen LogP contribution in [0.5, 0.6) is 0 Å². The lowest BCUT2D eigenvalue weighted by atomic mass is 10.0. The lowest BCUT2D eigenvalue weighted by molar-refractivity contribution is -0.121. The van der Waals surface area contributed by atoms with Crippen molar-refractivity contribution in [2.75, 3.05) is 19.6 Å². The van der Waals surface area contributed by atoms with Crippen molar-refractivity contribution < 1.29 is 4.79 Å². The first kappa shape index (κ1) is 14.8. The first-order valence-corrected chi connectivity index (χ1v) is 7.92. The molecule has 19 heavy (non-hydrogen) atoms. The number of amides is 1. The molecular weight excluding hydrogens is 238 g/mol. The fourth-order valence-electron chi connectivity index (χ4n) is 3.21. The molecule has 1 aliphatic heterocycles. The van der Waals surface area contributed by atoms with Crippen molar-refractivity contribution in [3.63, 3.8) is 0 Å². The average Bonchev–Trinajstić information content (AvgIpc) is 2.90. The van der Waals surface area contributed by atoms with Gasteiger partial charge in [-0.05, 0) is 39.5 Å². The Morgan fingerprint density at radius 2 is 1.74 bits per heavy atom. The minimum Gasteiger partial charge on any atom is -0.352 e. The topological polar surface area (TPSA) is 44.4 Å². The van der Waals surface area contributed by atoms with Crippen LogP contribution in [-0.4, -0.2) is 48.6 Å². The third kappa shape index (κ3) is 4.77. The van der Waals surface area contributed by atoms with Crippen molar-refractivity contribution in [2.45, 2.75) is 70.5 Å². The molecule has 2 rings (SSSR count). The fourth-order valence-corrected chi connectivity index (χ4v) is 3.21. The van der Waals surface area contributed by atoms with E-state index < -0.39 is 0 Å². The molecule has 0 aromatic rings. The number of nitrogens with one attached hydrogen (secondary N) is 2. The molecule has 2 aliphatic rings. The molecule has 2 fully saturated rings. The minimum atomic E-state index is 0.176. The van der Waals surface area contributed by atoms with Crippen LogP contribution in [-0.2, 0) is 4.79 Å². The monoisotopic (exact) mass is 267 g/mol. The van der Waals surface area contributed by atoms with Crippen LogP contribution >= 0.6 is 0 Å². The molecule has 1 saturated heterocycles. The van der Waals surface area contributed by atoms with Crippen LogP contribution in [0.4, 0.5) is 0 Å². The van der Waals surface area contributed by atoms with E-state index in [1.165, 1.54) is 25.7 Å². The first-order valence-electron chi connectivity index (χ1n) is 7.92. The van der Waals surface area contributed by atoms with E-state index in [9.17, 15) is 4.79 Å². The molecule has 0 atom stereocenters. The number of rotatable bonds is 5. The molecule has 2 N–H and O–H groups in total. The zero-order chi connectivity index (χ0) is 13.7. The van der Waals surface area contributed by atoms with Gasteiger partial charge in [-0.3, -0.25) is 4.79 Å². The van der Waals surface area contributed by atoms with Gasteiger partial charge in [-0.15, -0.1) is 0 Å². The summed E-state index contributed by atoms with van der Waals surface area (Å²) in [6.45, 7) is 7.20. The molecule has 1 amide bonds. The van der Waals surface area contributed by atoms with E-state index in [1.807, 2.05) is 0 Å². The van der Waals surface area contributed by atoms with Gasteiger partial charge in [0.25, 0.3) is 0 Å². The molecule has 0 aromatic carbocycles. The predicted octanol–water partition coefficient (Wildman–Crippen LogP) is 1.51. The van der Waals surface area contributed by atoms with Crippen LogP contribution in [0.25, 0.3) is 0 Å². The van der Waals surface area contributed by atoms with E-state index in [1.54, 1.807) is 0 Å². The second kappa shape index (κ2) is 7.25. The standard InChI is InChI=1S/C15H29N3O/c1-12(2)18-9-7-14(8-10-18)17-15(19)11-16-13-5-3-4-6-13/h12-14,16H,3-11H2,1-2H3,(H,17,19). The van der Waals surface area contributed by atoms with Gasteiger partial charge in [0.05, 0.1) is 6.54 Å². The van der Waals surface area contributed by atoms with E-state index >= 15 is 0 Å². The lowest BCUT2D eigenvalue weighted by Crippen LogP contribution is -2.48. The Morgan fingerprint density at radius 3 is 2.32 bits per heavy atom. The molecule has 1 aliphatic carbocycles. The molecule has 4 heteroatoms.